The highest BCUT2D eigenvalue weighted by molar-refractivity contribution is 5.28. The van der Waals surface area contributed by atoms with Gasteiger partial charge in [-0.3, -0.25) is 0 Å². The van der Waals surface area contributed by atoms with Gasteiger partial charge in [0.25, 0.3) is 0 Å². The minimum Gasteiger partial charge on any atom is -0.198 e. The van der Waals surface area contributed by atoms with Crippen molar-refractivity contribution < 1.29 is 0 Å². The first kappa shape index (κ1) is 5.18. The summed E-state index contributed by atoms with van der Waals surface area (Å²) in [6, 6.07) is 2.45. The Labute approximate surface area is 61.0 Å². The molecule has 3 rings (SSSR count). The van der Waals surface area contributed by atoms with Crippen molar-refractivity contribution in [2.75, 3.05) is 0 Å². The molecule has 2 spiro atoms. The molecule has 1 nitrogen and oxygen atoms in total. The Morgan fingerprint density at radius 3 is 2.30 bits per heavy atom. The first-order chi connectivity index (χ1) is 4.83. The first-order valence-corrected chi connectivity index (χ1v) is 4.23. The molecule has 3 aliphatic rings. The van der Waals surface area contributed by atoms with Crippen LogP contribution < -0.4 is 0 Å². The SMILES string of the molecule is N#CC1CC2(CC2)C12CC2. The van der Waals surface area contributed by atoms with Crippen LogP contribution in [0.25, 0.3) is 0 Å². The van der Waals surface area contributed by atoms with Crippen LogP contribution in [0.15, 0.2) is 0 Å². The maximum absolute atomic E-state index is 8.77. The monoisotopic (exact) mass is 133 g/mol. The Bertz CT molecular complexity index is 228. The molecular weight excluding hydrogens is 122 g/mol. The van der Waals surface area contributed by atoms with Gasteiger partial charge in [-0.25, -0.2) is 0 Å². The van der Waals surface area contributed by atoms with Gasteiger partial charge in [0.15, 0.2) is 0 Å². The van der Waals surface area contributed by atoms with Gasteiger partial charge < -0.3 is 0 Å². The lowest BCUT2D eigenvalue weighted by atomic mass is 9.59. The molecular formula is C9H11N. The van der Waals surface area contributed by atoms with Crippen molar-refractivity contribution in [2.45, 2.75) is 32.1 Å². The molecule has 0 aromatic carbocycles. The van der Waals surface area contributed by atoms with Crippen LogP contribution in [0.1, 0.15) is 32.1 Å². The van der Waals surface area contributed by atoms with Crippen LogP contribution in [-0.4, -0.2) is 0 Å². The van der Waals surface area contributed by atoms with Gasteiger partial charge in [0.05, 0.1) is 12.0 Å². The van der Waals surface area contributed by atoms with Gasteiger partial charge >= 0.3 is 0 Å². The summed E-state index contributed by atoms with van der Waals surface area (Å²) < 4.78 is 0. The van der Waals surface area contributed by atoms with E-state index in [9.17, 15) is 0 Å². The van der Waals surface area contributed by atoms with Gasteiger partial charge in [-0.05, 0) is 42.9 Å². The molecule has 10 heavy (non-hydrogen) atoms. The van der Waals surface area contributed by atoms with Crippen LogP contribution in [0.5, 0.6) is 0 Å². The summed E-state index contributed by atoms with van der Waals surface area (Å²) in [5.41, 5.74) is 1.31. The van der Waals surface area contributed by atoms with Crippen molar-refractivity contribution in [1.82, 2.24) is 0 Å². The highest BCUT2D eigenvalue weighted by Crippen LogP contribution is 2.83. The first-order valence-electron chi connectivity index (χ1n) is 4.23. The van der Waals surface area contributed by atoms with E-state index < -0.39 is 0 Å². The van der Waals surface area contributed by atoms with E-state index in [1.807, 2.05) is 0 Å². The van der Waals surface area contributed by atoms with E-state index in [1.54, 1.807) is 0 Å². The van der Waals surface area contributed by atoms with E-state index in [1.165, 1.54) is 32.1 Å². The smallest absolute Gasteiger partial charge is 0.0662 e. The molecule has 52 valence electrons. The molecule has 1 heteroatoms. The third-order valence-corrected chi connectivity index (χ3v) is 4.12. The second-order valence-corrected chi connectivity index (χ2v) is 4.32. The molecule has 3 fully saturated rings. The number of nitrogens with zero attached hydrogens (tertiary/aromatic N) is 1. The number of hydrogen-bond donors (Lipinski definition) is 0. The lowest BCUT2D eigenvalue weighted by molar-refractivity contribution is 0.0605. The molecule has 0 aromatic rings. The van der Waals surface area contributed by atoms with Crippen molar-refractivity contribution in [3.8, 4) is 6.07 Å². The zero-order chi connectivity index (χ0) is 6.82. The fourth-order valence-electron chi connectivity index (χ4n) is 3.06. The Kier molecular flexibility index (Phi) is 0.588. The predicted molar refractivity (Wildman–Crippen MR) is 37.1 cm³/mol. The van der Waals surface area contributed by atoms with Crippen molar-refractivity contribution in [3.05, 3.63) is 0 Å². The van der Waals surface area contributed by atoms with Crippen LogP contribution in [0.3, 0.4) is 0 Å². The maximum atomic E-state index is 8.77. The van der Waals surface area contributed by atoms with Gasteiger partial charge in [0.1, 0.15) is 0 Å². The summed E-state index contributed by atoms with van der Waals surface area (Å²) in [6.07, 6.45) is 6.84. The molecule has 0 saturated heterocycles. The fraction of sp³-hybridized carbons (Fsp3) is 0.889. The minimum atomic E-state index is 0.454. The van der Waals surface area contributed by atoms with E-state index in [-0.39, 0.29) is 0 Å². The van der Waals surface area contributed by atoms with Crippen molar-refractivity contribution >= 4 is 0 Å². The molecule has 0 N–H and O–H groups in total. The molecule has 1 unspecified atom stereocenters. The molecule has 3 aliphatic carbocycles. The van der Waals surface area contributed by atoms with Crippen molar-refractivity contribution in [3.63, 3.8) is 0 Å². The summed E-state index contributed by atoms with van der Waals surface area (Å²) in [5.74, 6) is 0.454. The van der Waals surface area contributed by atoms with Crippen LogP contribution >= 0.6 is 0 Å². The molecule has 0 aromatic heterocycles. The largest absolute Gasteiger partial charge is 0.198 e. The van der Waals surface area contributed by atoms with Gasteiger partial charge in [-0.15, -0.1) is 0 Å². The van der Waals surface area contributed by atoms with Crippen LogP contribution in [0.4, 0.5) is 0 Å². The third kappa shape index (κ3) is 0.318. The number of rotatable bonds is 0. The summed E-state index contributed by atoms with van der Waals surface area (Å²) in [4.78, 5) is 0. The third-order valence-electron chi connectivity index (χ3n) is 4.12. The highest BCUT2D eigenvalue weighted by Gasteiger charge is 2.76. The molecule has 0 amide bonds. The van der Waals surface area contributed by atoms with E-state index in [0.29, 0.717) is 11.3 Å². The average Bonchev–Trinajstić information content (AvgIpc) is 2.76. The Morgan fingerprint density at radius 1 is 1.20 bits per heavy atom. The molecule has 0 heterocycles. The molecule has 3 saturated carbocycles. The number of hydrogen-bond acceptors (Lipinski definition) is 1. The van der Waals surface area contributed by atoms with Gasteiger partial charge in [-0.2, -0.15) is 5.26 Å². The maximum Gasteiger partial charge on any atom is 0.0662 e. The number of fused-ring (bicyclic) bond motifs is 1. The standard InChI is InChI=1S/C9H11N/c10-6-7-5-8(1-2-8)9(7)3-4-9/h7H,1-5H2. The molecule has 1 atom stereocenters. The molecule has 0 aliphatic heterocycles. The average molecular weight is 133 g/mol. The topological polar surface area (TPSA) is 23.8 Å². The second kappa shape index (κ2) is 1.13. The normalized spacial score (nSPS) is 42.5. The summed E-state index contributed by atoms with van der Waals surface area (Å²) >= 11 is 0. The van der Waals surface area contributed by atoms with Gasteiger partial charge in [0.2, 0.25) is 0 Å². The Balaban J connectivity index is 1.94. The zero-order valence-corrected chi connectivity index (χ0v) is 6.06. The van der Waals surface area contributed by atoms with Crippen LogP contribution in [0, 0.1) is 28.1 Å². The molecule has 0 radical (unpaired) electrons. The number of nitriles is 1. The van der Waals surface area contributed by atoms with Crippen molar-refractivity contribution in [1.29, 1.82) is 5.26 Å². The van der Waals surface area contributed by atoms with E-state index in [4.69, 9.17) is 5.26 Å². The Morgan fingerprint density at radius 2 is 1.90 bits per heavy atom. The van der Waals surface area contributed by atoms with E-state index in [0.717, 1.165) is 5.41 Å². The second-order valence-electron chi connectivity index (χ2n) is 4.32. The zero-order valence-electron chi connectivity index (χ0n) is 6.06. The Hall–Kier alpha value is -0.510. The molecule has 0 bridgehead atoms. The quantitative estimate of drug-likeness (QED) is 0.496. The summed E-state index contributed by atoms with van der Waals surface area (Å²) in [7, 11) is 0. The summed E-state index contributed by atoms with van der Waals surface area (Å²) in [5, 5.41) is 8.77. The van der Waals surface area contributed by atoms with Gasteiger partial charge in [-0.1, -0.05) is 0 Å². The lowest BCUT2D eigenvalue weighted by Crippen LogP contribution is -2.39. The summed E-state index contributed by atoms with van der Waals surface area (Å²) in [6.45, 7) is 0. The van der Waals surface area contributed by atoms with Crippen molar-refractivity contribution in [2.24, 2.45) is 16.7 Å². The lowest BCUT2D eigenvalue weighted by Gasteiger charge is -2.43. The highest BCUT2D eigenvalue weighted by atomic mass is 14.8. The predicted octanol–water partition coefficient (Wildman–Crippen LogP) is 2.09. The van der Waals surface area contributed by atoms with Gasteiger partial charge in [0, 0.05) is 0 Å². The van der Waals surface area contributed by atoms with E-state index in [2.05, 4.69) is 6.07 Å². The van der Waals surface area contributed by atoms with Crippen LogP contribution in [0.2, 0.25) is 0 Å². The fourth-order valence-corrected chi connectivity index (χ4v) is 3.06. The minimum absolute atomic E-state index is 0.454. The van der Waals surface area contributed by atoms with E-state index >= 15 is 0 Å². The van der Waals surface area contributed by atoms with Crippen LogP contribution in [-0.2, 0) is 0 Å².